The number of anilines is 1. The standard InChI is InChI=1S/C19H17F2N3O2S2/c1-4-7-24-18(26)16-10(2)11(3)28-17(16)23-19(24)27-9-15(25)22-14-6-5-12(20)8-13(14)21/h4-6,8H,1,7,9H2,2-3H3,(H,22,25). The van der Waals surface area contributed by atoms with Gasteiger partial charge in [-0.3, -0.25) is 14.2 Å². The van der Waals surface area contributed by atoms with Crippen LogP contribution < -0.4 is 10.9 Å². The summed E-state index contributed by atoms with van der Waals surface area (Å²) in [6.07, 6.45) is 1.58. The predicted molar refractivity (Wildman–Crippen MR) is 109 cm³/mol. The molecule has 5 nitrogen and oxygen atoms in total. The molecule has 0 aliphatic rings. The second-order valence-corrected chi connectivity index (χ2v) is 8.17. The molecular weight excluding hydrogens is 404 g/mol. The topological polar surface area (TPSA) is 64.0 Å². The fourth-order valence-corrected chi connectivity index (χ4v) is 4.50. The monoisotopic (exact) mass is 421 g/mol. The molecule has 2 heterocycles. The molecule has 0 unspecified atom stereocenters. The van der Waals surface area contributed by atoms with E-state index in [0.717, 1.165) is 34.3 Å². The Balaban J connectivity index is 1.85. The first kappa shape index (κ1) is 20.2. The molecule has 1 aromatic carbocycles. The zero-order chi connectivity index (χ0) is 20.4. The van der Waals surface area contributed by atoms with Crippen molar-refractivity contribution in [3.63, 3.8) is 0 Å². The van der Waals surface area contributed by atoms with E-state index in [0.29, 0.717) is 21.4 Å². The van der Waals surface area contributed by atoms with Crippen molar-refractivity contribution in [3.8, 4) is 0 Å². The number of benzene rings is 1. The third kappa shape index (κ3) is 4.00. The largest absolute Gasteiger partial charge is 0.323 e. The van der Waals surface area contributed by atoms with E-state index in [1.807, 2.05) is 13.8 Å². The van der Waals surface area contributed by atoms with Crippen LogP contribution in [-0.4, -0.2) is 21.2 Å². The summed E-state index contributed by atoms with van der Waals surface area (Å²) in [5.74, 6) is -2.16. The van der Waals surface area contributed by atoms with E-state index >= 15 is 0 Å². The Morgan fingerprint density at radius 2 is 2.14 bits per heavy atom. The molecular formula is C19H17F2N3O2S2. The number of carbonyl (C=O) groups is 1. The van der Waals surface area contributed by atoms with Crippen molar-refractivity contribution in [2.24, 2.45) is 0 Å². The Kier molecular flexibility index (Phi) is 5.95. The Morgan fingerprint density at radius 1 is 1.39 bits per heavy atom. The smallest absolute Gasteiger partial charge is 0.263 e. The highest BCUT2D eigenvalue weighted by atomic mass is 32.2. The number of halogens is 2. The van der Waals surface area contributed by atoms with Gasteiger partial charge in [-0.15, -0.1) is 17.9 Å². The molecule has 3 rings (SSSR count). The molecule has 0 spiro atoms. The summed E-state index contributed by atoms with van der Waals surface area (Å²) in [7, 11) is 0. The lowest BCUT2D eigenvalue weighted by Gasteiger charge is -2.11. The average Bonchev–Trinajstić information content (AvgIpc) is 2.92. The van der Waals surface area contributed by atoms with Gasteiger partial charge in [-0.2, -0.15) is 0 Å². The van der Waals surface area contributed by atoms with Gasteiger partial charge in [-0.05, 0) is 31.5 Å². The summed E-state index contributed by atoms with van der Waals surface area (Å²) in [4.78, 5) is 31.2. The van der Waals surface area contributed by atoms with Crippen LogP contribution in [0.1, 0.15) is 10.4 Å². The number of thiophene rings is 1. The number of hydrogen-bond donors (Lipinski definition) is 1. The molecule has 28 heavy (non-hydrogen) atoms. The number of fused-ring (bicyclic) bond motifs is 1. The normalized spacial score (nSPS) is 11.0. The van der Waals surface area contributed by atoms with Crippen LogP contribution in [0.25, 0.3) is 10.2 Å². The number of nitrogens with zero attached hydrogens (tertiary/aromatic N) is 2. The maximum atomic E-state index is 13.7. The van der Waals surface area contributed by atoms with Gasteiger partial charge in [0.15, 0.2) is 5.16 Å². The molecule has 0 radical (unpaired) electrons. The van der Waals surface area contributed by atoms with E-state index in [1.54, 1.807) is 6.08 Å². The Hall–Kier alpha value is -2.52. The van der Waals surface area contributed by atoms with Gasteiger partial charge < -0.3 is 5.32 Å². The van der Waals surface area contributed by atoms with Crippen molar-refractivity contribution in [2.75, 3.05) is 11.1 Å². The molecule has 0 aliphatic heterocycles. The first-order valence-corrected chi connectivity index (χ1v) is 10.1. The van der Waals surface area contributed by atoms with Crippen LogP contribution in [0.2, 0.25) is 0 Å². The van der Waals surface area contributed by atoms with Crippen LogP contribution in [0, 0.1) is 25.5 Å². The summed E-state index contributed by atoms with van der Waals surface area (Å²) >= 11 is 2.49. The maximum Gasteiger partial charge on any atom is 0.263 e. The number of hydrogen-bond acceptors (Lipinski definition) is 5. The van der Waals surface area contributed by atoms with Gasteiger partial charge in [0.2, 0.25) is 5.91 Å². The quantitative estimate of drug-likeness (QED) is 0.367. The van der Waals surface area contributed by atoms with E-state index in [1.165, 1.54) is 15.9 Å². The van der Waals surface area contributed by atoms with Crippen molar-refractivity contribution >= 4 is 44.9 Å². The van der Waals surface area contributed by atoms with Crippen molar-refractivity contribution in [3.05, 3.63) is 63.3 Å². The third-order valence-corrected chi connectivity index (χ3v) is 6.18. The fraction of sp³-hybridized carbons (Fsp3) is 0.211. The molecule has 9 heteroatoms. The van der Waals surface area contributed by atoms with Crippen LogP contribution in [0.3, 0.4) is 0 Å². The van der Waals surface area contributed by atoms with Crippen LogP contribution >= 0.6 is 23.1 Å². The van der Waals surface area contributed by atoms with Gasteiger partial charge in [0, 0.05) is 17.5 Å². The summed E-state index contributed by atoms with van der Waals surface area (Å²) in [6.45, 7) is 7.73. The minimum Gasteiger partial charge on any atom is -0.323 e. The Labute approximate surface area is 168 Å². The lowest BCUT2D eigenvalue weighted by atomic mass is 10.2. The summed E-state index contributed by atoms with van der Waals surface area (Å²) in [5, 5.41) is 3.35. The molecule has 0 atom stereocenters. The van der Waals surface area contributed by atoms with Crippen molar-refractivity contribution in [1.29, 1.82) is 0 Å². The molecule has 0 bridgehead atoms. The zero-order valence-corrected chi connectivity index (χ0v) is 16.8. The highest BCUT2D eigenvalue weighted by Crippen LogP contribution is 2.28. The number of thioether (sulfide) groups is 1. The van der Waals surface area contributed by atoms with Gasteiger partial charge in [0.25, 0.3) is 5.56 Å². The molecule has 0 aliphatic carbocycles. The molecule has 2 aromatic heterocycles. The molecule has 0 fully saturated rings. The van der Waals surface area contributed by atoms with Gasteiger partial charge in [0.1, 0.15) is 16.5 Å². The SMILES string of the molecule is C=CCn1c(SCC(=O)Nc2ccc(F)cc2F)nc2sc(C)c(C)c2c1=O. The number of nitrogens with one attached hydrogen (secondary N) is 1. The second-order valence-electron chi connectivity index (χ2n) is 6.02. The van der Waals surface area contributed by atoms with Gasteiger partial charge in [-0.1, -0.05) is 17.8 Å². The van der Waals surface area contributed by atoms with E-state index in [4.69, 9.17) is 0 Å². The van der Waals surface area contributed by atoms with Crippen LogP contribution in [0.4, 0.5) is 14.5 Å². The lowest BCUT2D eigenvalue weighted by Crippen LogP contribution is -2.23. The Bertz CT molecular complexity index is 1140. The molecule has 1 N–H and O–H groups in total. The number of aryl methyl sites for hydroxylation is 2. The molecule has 0 saturated heterocycles. The number of amides is 1. The molecule has 146 valence electrons. The summed E-state index contributed by atoms with van der Waals surface area (Å²) < 4.78 is 28.1. The van der Waals surface area contributed by atoms with Gasteiger partial charge in [0.05, 0.1) is 16.8 Å². The Morgan fingerprint density at radius 3 is 2.82 bits per heavy atom. The maximum absolute atomic E-state index is 13.7. The molecule has 3 aromatic rings. The zero-order valence-electron chi connectivity index (χ0n) is 15.2. The van der Waals surface area contributed by atoms with Crippen molar-refractivity contribution in [2.45, 2.75) is 25.5 Å². The number of carbonyl (C=O) groups excluding carboxylic acids is 1. The molecule has 1 amide bonds. The number of allylic oxidation sites excluding steroid dienone is 1. The van der Waals surface area contributed by atoms with E-state index in [9.17, 15) is 18.4 Å². The highest BCUT2D eigenvalue weighted by Gasteiger charge is 2.17. The van der Waals surface area contributed by atoms with E-state index < -0.39 is 17.5 Å². The highest BCUT2D eigenvalue weighted by molar-refractivity contribution is 7.99. The van der Waals surface area contributed by atoms with Gasteiger partial charge in [-0.25, -0.2) is 13.8 Å². The van der Waals surface area contributed by atoms with Gasteiger partial charge >= 0.3 is 0 Å². The first-order chi connectivity index (χ1) is 13.3. The minimum atomic E-state index is -0.856. The van der Waals surface area contributed by atoms with E-state index in [-0.39, 0.29) is 23.5 Å². The van der Waals surface area contributed by atoms with Crippen LogP contribution in [0.15, 0.2) is 40.8 Å². The van der Waals surface area contributed by atoms with Crippen molar-refractivity contribution < 1.29 is 13.6 Å². The average molecular weight is 421 g/mol. The number of aromatic nitrogens is 2. The minimum absolute atomic E-state index is 0.0881. The first-order valence-electron chi connectivity index (χ1n) is 8.31. The molecule has 0 saturated carbocycles. The second kappa shape index (κ2) is 8.24. The van der Waals surface area contributed by atoms with Crippen LogP contribution in [-0.2, 0) is 11.3 Å². The number of rotatable bonds is 6. The third-order valence-electron chi connectivity index (χ3n) is 4.10. The fourth-order valence-electron chi connectivity index (χ4n) is 2.62. The summed E-state index contributed by atoms with van der Waals surface area (Å²) in [5.41, 5.74) is 0.610. The van der Waals surface area contributed by atoms with Crippen LogP contribution in [0.5, 0.6) is 0 Å². The van der Waals surface area contributed by atoms with Crippen molar-refractivity contribution in [1.82, 2.24) is 9.55 Å². The summed E-state index contributed by atoms with van der Waals surface area (Å²) in [6, 6.07) is 2.91. The van der Waals surface area contributed by atoms with E-state index in [2.05, 4.69) is 16.9 Å². The predicted octanol–water partition coefficient (Wildman–Crippen LogP) is 4.27. The lowest BCUT2D eigenvalue weighted by molar-refractivity contribution is -0.113.